The fraction of sp³-hybridized carbons (Fsp3) is 1.00. The Balaban J connectivity index is 1.38. The van der Waals surface area contributed by atoms with Crippen molar-refractivity contribution < 1.29 is 0 Å². The Bertz CT molecular complexity index is 276. The maximum atomic E-state index is 4.00. The zero-order valence-electron chi connectivity index (χ0n) is 14.1. The lowest BCUT2D eigenvalue weighted by Gasteiger charge is -2.26. The van der Waals surface area contributed by atoms with Crippen LogP contribution in [0.25, 0.3) is 0 Å². The topological polar surface area (TPSA) is 12.0 Å². The summed E-state index contributed by atoms with van der Waals surface area (Å²) >= 11 is 0. The number of hydrogen-bond donors (Lipinski definition) is 1. The molecule has 122 valence electrons. The molecule has 1 N–H and O–H groups in total. The summed E-state index contributed by atoms with van der Waals surface area (Å²) in [6.07, 6.45) is 22.4. The molecule has 3 rings (SSSR count). The summed E-state index contributed by atoms with van der Waals surface area (Å²) in [4.78, 5) is 0. The monoisotopic (exact) mass is 291 g/mol. The molecule has 0 amide bonds. The van der Waals surface area contributed by atoms with Gasteiger partial charge in [0.05, 0.1) is 0 Å². The largest absolute Gasteiger partial charge is 0.314 e. The number of rotatable bonds is 3. The average molecular weight is 292 g/mol. The van der Waals surface area contributed by atoms with E-state index in [0.29, 0.717) is 0 Å². The second-order valence-electron chi connectivity index (χ2n) is 8.30. The van der Waals surface area contributed by atoms with Crippen LogP contribution in [-0.4, -0.2) is 12.6 Å². The Kier molecular flexibility index (Phi) is 6.45. The highest BCUT2D eigenvalue weighted by Crippen LogP contribution is 2.48. The van der Waals surface area contributed by atoms with Crippen LogP contribution in [-0.2, 0) is 0 Å². The summed E-state index contributed by atoms with van der Waals surface area (Å²) in [5.41, 5.74) is 0. The first kappa shape index (κ1) is 15.8. The minimum absolute atomic E-state index is 0.837. The average Bonchev–Trinajstić information content (AvgIpc) is 3.09. The van der Waals surface area contributed by atoms with Crippen molar-refractivity contribution in [1.82, 2.24) is 5.32 Å². The summed E-state index contributed by atoms with van der Waals surface area (Å²) in [6, 6.07) is 0.837. The van der Waals surface area contributed by atoms with Gasteiger partial charge >= 0.3 is 0 Å². The van der Waals surface area contributed by atoms with E-state index in [1.165, 1.54) is 77.2 Å². The fourth-order valence-corrected chi connectivity index (χ4v) is 5.31. The molecule has 1 nitrogen and oxygen atoms in total. The van der Waals surface area contributed by atoms with E-state index in [4.69, 9.17) is 0 Å². The molecular weight excluding hydrogens is 254 g/mol. The summed E-state index contributed by atoms with van der Waals surface area (Å²) in [7, 11) is 0. The van der Waals surface area contributed by atoms with Crippen LogP contribution in [0, 0.1) is 17.8 Å². The molecule has 1 heteroatoms. The second-order valence-corrected chi connectivity index (χ2v) is 8.30. The van der Waals surface area contributed by atoms with E-state index < -0.39 is 0 Å². The van der Waals surface area contributed by atoms with E-state index in [1.807, 2.05) is 0 Å². The van der Waals surface area contributed by atoms with Gasteiger partial charge in [-0.3, -0.25) is 0 Å². The fourth-order valence-electron chi connectivity index (χ4n) is 5.31. The zero-order chi connectivity index (χ0) is 14.3. The molecular formula is C20H37N. The minimum atomic E-state index is 0.837. The van der Waals surface area contributed by atoms with Gasteiger partial charge in [-0.15, -0.1) is 0 Å². The van der Waals surface area contributed by atoms with Gasteiger partial charge in [-0.25, -0.2) is 0 Å². The first-order chi connectivity index (χ1) is 10.4. The van der Waals surface area contributed by atoms with Crippen LogP contribution < -0.4 is 5.32 Å². The van der Waals surface area contributed by atoms with Crippen LogP contribution in [0.4, 0.5) is 0 Å². The van der Waals surface area contributed by atoms with Gasteiger partial charge in [0.15, 0.2) is 0 Å². The molecule has 3 fully saturated rings. The lowest BCUT2D eigenvalue weighted by molar-refractivity contribution is 0.293. The molecule has 21 heavy (non-hydrogen) atoms. The highest BCUT2D eigenvalue weighted by molar-refractivity contribution is 4.91. The lowest BCUT2D eigenvalue weighted by atomic mass is 9.88. The van der Waals surface area contributed by atoms with Crippen molar-refractivity contribution in [3.8, 4) is 0 Å². The molecule has 3 saturated carbocycles. The van der Waals surface area contributed by atoms with Crippen molar-refractivity contribution in [1.29, 1.82) is 0 Å². The molecule has 0 aliphatic heterocycles. The van der Waals surface area contributed by atoms with Crippen molar-refractivity contribution in [2.75, 3.05) is 6.54 Å². The standard InChI is InChI=1S/C20H37N/c1-2-4-6-8-10-20(11-9-7-5-3-1)21-16-19-15-17-12-13-18(19)14-17/h17-21H,1-16H2. The molecule has 3 atom stereocenters. The highest BCUT2D eigenvalue weighted by Gasteiger charge is 2.39. The molecule has 0 saturated heterocycles. The van der Waals surface area contributed by atoms with E-state index in [9.17, 15) is 0 Å². The molecule has 0 aromatic heterocycles. The van der Waals surface area contributed by atoms with Crippen LogP contribution in [0.15, 0.2) is 0 Å². The van der Waals surface area contributed by atoms with Crippen LogP contribution in [0.1, 0.15) is 96.3 Å². The predicted octanol–water partition coefficient (Wildman–Crippen LogP) is 5.69. The first-order valence-electron chi connectivity index (χ1n) is 10.1. The van der Waals surface area contributed by atoms with Gasteiger partial charge in [0, 0.05) is 6.04 Å². The van der Waals surface area contributed by atoms with Crippen molar-refractivity contribution in [2.45, 2.75) is 102 Å². The molecule has 0 spiro atoms. The minimum Gasteiger partial charge on any atom is -0.314 e. The Morgan fingerprint density at radius 2 is 1.24 bits per heavy atom. The van der Waals surface area contributed by atoms with Crippen molar-refractivity contribution >= 4 is 0 Å². The third-order valence-electron chi connectivity index (χ3n) is 6.66. The van der Waals surface area contributed by atoms with Crippen molar-refractivity contribution in [3.05, 3.63) is 0 Å². The molecule has 3 aliphatic rings. The Hall–Kier alpha value is -0.0400. The van der Waals surface area contributed by atoms with Gasteiger partial charge in [-0.2, -0.15) is 0 Å². The number of hydrogen-bond acceptors (Lipinski definition) is 1. The van der Waals surface area contributed by atoms with Gasteiger partial charge in [-0.1, -0.05) is 64.2 Å². The molecule has 0 aromatic carbocycles. The summed E-state index contributed by atoms with van der Waals surface area (Å²) < 4.78 is 0. The van der Waals surface area contributed by atoms with Crippen LogP contribution in [0.2, 0.25) is 0 Å². The first-order valence-corrected chi connectivity index (χ1v) is 10.1. The maximum Gasteiger partial charge on any atom is 0.00671 e. The SMILES string of the molecule is C1CCCCCC(NCC2CC3CCC2C3)CCCCC1. The molecule has 0 radical (unpaired) electrons. The van der Waals surface area contributed by atoms with E-state index in [1.54, 1.807) is 25.7 Å². The van der Waals surface area contributed by atoms with Gasteiger partial charge in [0.2, 0.25) is 0 Å². The quantitative estimate of drug-likeness (QED) is 0.704. The van der Waals surface area contributed by atoms with Gasteiger partial charge in [0.1, 0.15) is 0 Å². The number of fused-ring (bicyclic) bond motifs is 2. The summed E-state index contributed by atoms with van der Waals surface area (Å²) in [5.74, 6) is 3.23. The normalized spacial score (nSPS) is 36.3. The van der Waals surface area contributed by atoms with Gasteiger partial charge in [0.25, 0.3) is 0 Å². The van der Waals surface area contributed by atoms with E-state index in [0.717, 1.165) is 23.8 Å². The molecule has 3 aliphatic carbocycles. The third-order valence-corrected chi connectivity index (χ3v) is 6.66. The maximum absolute atomic E-state index is 4.00. The van der Waals surface area contributed by atoms with E-state index in [-0.39, 0.29) is 0 Å². The summed E-state index contributed by atoms with van der Waals surface area (Å²) in [6.45, 7) is 1.34. The van der Waals surface area contributed by atoms with Crippen molar-refractivity contribution in [2.24, 2.45) is 17.8 Å². The van der Waals surface area contributed by atoms with E-state index >= 15 is 0 Å². The van der Waals surface area contributed by atoms with Crippen molar-refractivity contribution in [3.63, 3.8) is 0 Å². The molecule has 0 heterocycles. The highest BCUT2D eigenvalue weighted by atomic mass is 14.9. The Morgan fingerprint density at radius 3 is 1.76 bits per heavy atom. The molecule has 0 aromatic rings. The van der Waals surface area contributed by atoms with Gasteiger partial charge < -0.3 is 5.32 Å². The predicted molar refractivity (Wildman–Crippen MR) is 91.5 cm³/mol. The van der Waals surface area contributed by atoms with Crippen LogP contribution in [0.3, 0.4) is 0 Å². The van der Waals surface area contributed by atoms with Crippen LogP contribution >= 0.6 is 0 Å². The Labute approximate surface area is 132 Å². The van der Waals surface area contributed by atoms with Gasteiger partial charge in [-0.05, 0) is 56.4 Å². The summed E-state index contributed by atoms with van der Waals surface area (Å²) in [5, 5.41) is 4.00. The zero-order valence-corrected chi connectivity index (χ0v) is 14.1. The molecule has 2 bridgehead atoms. The lowest BCUT2D eigenvalue weighted by Crippen LogP contribution is -2.35. The second kappa shape index (κ2) is 8.56. The molecule has 3 unspecified atom stereocenters. The number of nitrogens with one attached hydrogen (secondary N) is 1. The Morgan fingerprint density at radius 1 is 0.619 bits per heavy atom. The third kappa shape index (κ3) is 4.98. The van der Waals surface area contributed by atoms with E-state index in [2.05, 4.69) is 5.32 Å². The smallest absolute Gasteiger partial charge is 0.00671 e. The van der Waals surface area contributed by atoms with Crippen LogP contribution in [0.5, 0.6) is 0 Å².